The molecular weight excluding hydrogens is 909 g/mol. The maximum atomic E-state index is 12.3. The molecule has 67 heavy (non-hydrogen) atoms. The molecule has 2 atom stereocenters. The van der Waals surface area contributed by atoms with Crippen molar-refractivity contribution < 1.29 is 49.2 Å². The number of nitrogen functional groups attached to an aromatic ring is 2. The Morgan fingerprint density at radius 2 is 0.955 bits per heavy atom. The molecule has 0 aliphatic rings. The number of anilines is 4. The number of carbonyl (C=O) groups is 6. The van der Waals surface area contributed by atoms with Crippen LogP contribution in [0.5, 0.6) is 0 Å². The van der Waals surface area contributed by atoms with Gasteiger partial charge >= 0.3 is 60.8 Å². The number of amides is 2. The standard InChI is InChI=1S/2C20H21N7O6.Ca/c2*1-27-16-15(18(31)26-20(27)21)24-12(9-23-16)8-22-11-4-2-10(3-5-11)17(30)25-13(19(32)33)6-7-14(28)29;/h2*2-5,9,13,22H,6-8H2,1H3,(H,25,30)(H,28,29)(H,32,33)(H2,21,26,31);/q;;+2/p-2. The summed E-state index contributed by atoms with van der Waals surface area (Å²) in [5.41, 5.74) is 13.5. The Balaban J connectivity index is 0.000000288. The molecule has 6 aromatic rings. The fraction of sp³-hybridized carbons (Fsp3) is 0.250. The van der Waals surface area contributed by atoms with E-state index in [4.69, 9.17) is 21.7 Å². The minimum absolute atomic E-state index is 0. The van der Waals surface area contributed by atoms with Gasteiger partial charge in [0.05, 0.1) is 36.9 Å². The van der Waals surface area contributed by atoms with Crippen LogP contribution in [0.25, 0.3) is 22.3 Å². The van der Waals surface area contributed by atoms with Gasteiger partial charge in [0, 0.05) is 48.5 Å². The number of carbonyl (C=O) groups excluding carboxylic acids is 4. The fourth-order valence-corrected chi connectivity index (χ4v) is 5.85. The molecule has 0 saturated carbocycles. The molecule has 6 rings (SSSR count). The Labute approximate surface area is 406 Å². The molecule has 26 nitrogen and oxygen atoms in total. The maximum Gasteiger partial charge on any atom is 2.00 e. The largest absolute Gasteiger partial charge is 2.00 e. The second-order valence-corrected chi connectivity index (χ2v) is 14.1. The van der Waals surface area contributed by atoms with Crippen molar-refractivity contribution in [2.75, 3.05) is 22.1 Å². The minimum atomic E-state index is -1.40. The second-order valence-electron chi connectivity index (χ2n) is 14.1. The van der Waals surface area contributed by atoms with Crippen LogP contribution >= 0.6 is 0 Å². The Morgan fingerprint density at radius 1 is 0.612 bits per heavy atom. The molecule has 2 aromatic carbocycles. The van der Waals surface area contributed by atoms with Gasteiger partial charge in [-0.1, -0.05) is 0 Å². The zero-order valence-electron chi connectivity index (χ0n) is 35.6. The van der Waals surface area contributed by atoms with Crippen molar-refractivity contribution in [1.29, 1.82) is 0 Å². The van der Waals surface area contributed by atoms with Crippen molar-refractivity contribution in [3.05, 3.63) is 104 Å². The number of hydrogen-bond donors (Lipinski definition) is 8. The summed E-state index contributed by atoms with van der Waals surface area (Å²) < 4.78 is 2.91. The van der Waals surface area contributed by atoms with Crippen LogP contribution < -0.4 is 54.1 Å². The van der Waals surface area contributed by atoms with E-state index in [1.165, 1.54) is 45.8 Å². The van der Waals surface area contributed by atoms with Crippen LogP contribution in [0.3, 0.4) is 0 Å². The average molecular weight is 949 g/mol. The molecule has 344 valence electrons. The topological polar surface area (TPSA) is 410 Å². The number of hydrogen-bond acceptors (Lipinski definition) is 20. The number of carboxylic acids is 4. The first-order valence-corrected chi connectivity index (χ1v) is 19.4. The fourth-order valence-electron chi connectivity index (χ4n) is 5.85. The van der Waals surface area contributed by atoms with E-state index >= 15 is 0 Å². The number of benzene rings is 2. The molecule has 0 aliphatic carbocycles. The maximum absolute atomic E-state index is 12.3. The van der Waals surface area contributed by atoms with E-state index < -0.39 is 71.7 Å². The third-order valence-corrected chi connectivity index (χ3v) is 9.49. The van der Waals surface area contributed by atoms with Crippen molar-refractivity contribution in [2.45, 2.75) is 50.9 Å². The summed E-state index contributed by atoms with van der Waals surface area (Å²) in [5, 5.41) is 50.1. The molecule has 2 amide bonds. The molecule has 0 fully saturated rings. The first-order chi connectivity index (χ1) is 31.3. The van der Waals surface area contributed by atoms with Gasteiger partial charge in [0.25, 0.3) is 11.8 Å². The summed E-state index contributed by atoms with van der Waals surface area (Å²) in [7, 11) is 3.24. The predicted molar refractivity (Wildman–Crippen MR) is 234 cm³/mol. The molecule has 4 aromatic heterocycles. The van der Waals surface area contributed by atoms with Gasteiger partial charge in [-0.15, -0.1) is 0 Å². The number of aryl methyl sites for hydroxylation is 2. The zero-order valence-corrected chi connectivity index (χ0v) is 37.8. The summed E-state index contributed by atoms with van der Waals surface area (Å²) in [6.07, 6.45) is 1.42. The van der Waals surface area contributed by atoms with Gasteiger partial charge in [-0.3, -0.25) is 28.3 Å². The number of aliphatic carboxylic acids is 4. The monoisotopic (exact) mass is 948 g/mol. The SMILES string of the molecule is Cn1c(N)nc(=O)c2nc(CNc3ccc(C(=O)NC(CCC(=O)[O-])C(=O)O)cc3)cnc21.Cn1c(N)nc(=O)c2nc(CNc3ccc(C(=O)NC(CCC(=O)[O-])C(=O)O)cc3)cnc21.[Ca+2]. The molecule has 27 heteroatoms. The number of nitrogens with two attached hydrogens (primary N) is 2. The molecule has 0 aliphatic heterocycles. The predicted octanol–water partition coefficient (Wildman–Crippen LogP) is -3.12. The van der Waals surface area contributed by atoms with Crippen molar-refractivity contribution in [3.8, 4) is 0 Å². The Hall–Kier alpha value is -7.84. The van der Waals surface area contributed by atoms with E-state index in [1.807, 2.05) is 0 Å². The van der Waals surface area contributed by atoms with Crippen molar-refractivity contribution in [2.24, 2.45) is 14.1 Å². The van der Waals surface area contributed by atoms with Crippen molar-refractivity contribution in [1.82, 2.24) is 49.7 Å². The van der Waals surface area contributed by atoms with Gasteiger partial charge in [-0.25, -0.2) is 29.5 Å². The van der Waals surface area contributed by atoms with Crippen LogP contribution in [0.1, 0.15) is 57.8 Å². The Bertz CT molecular complexity index is 2750. The van der Waals surface area contributed by atoms with E-state index in [1.54, 1.807) is 38.4 Å². The molecular formula is C40H40CaN14O12. The quantitative estimate of drug-likeness (QED) is 0.0395. The van der Waals surface area contributed by atoms with Gasteiger partial charge in [0.2, 0.25) is 11.9 Å². The summed E-state index contributed by atoms with van der Waals surface area (Å²) in [5.74, 6) is -6.73. The number of nitrogens with zero attached hydrogens (tertiary/aromatic N) is 8. The van der Waals surface area contributed by atoms with Crippen molar-refractivity contribution >= 4 is 119 Å². The van der Waals surface area contributed by atoms with E-state index in [0.29, 0.717) is 34.1 Å². The first kappa shape index (κ1) is 51.8. The van der Waals surface area contributed by atoms with Crippen LogP contribution in [0, 0.1) is 0 Å². The Morgan fingerprint density at radius 3 is 1.27 bits per heavy atom. The third kappa shape index (κ3) is 14.1. The average Bonchev–Trinajstić information content (AvgIpc) is 3.28. The summed E-state index contributed by atoms with van der Waals surface area (Å²) in [6, 6.07) is 9.60. The first-order valence-electron chi connectivity index (χ1n) is 19.4. The minimum Gasteiger partial charge on any atom is -0.550 e. The summed E-state index contributed by atoms with van der Waals surface area (Å²) in [4.78, 5) is 117. The summed E-state index contributed by atoms with van der Waals surface area (Å²) in [6.45, 7) is 0.457. The van der Waals surface area contributed by atoms with E-state index in [-0.39, 0.29) is 97.7 Å². The smallest absolute Gasteiger partial charge is 0.550 e. The molecule has 0 spiro atoms. The van der Waals surface area contributed by atoms with Gasteiger partial charge in [-0.2, -0.15) is 9.97 Å². The number of carboxylic acid groups (broad SMARTS) is 4. The van der Waals surface area contributed by atoms with Crippen LogP contribution in [-0.2, 0) is 46.4 Å². The normalized spacial score (nSPS) is 11.5. The third-order valence-electron chi connectivity index (χ3n) is 9.49. The molecule has 10 N–H and O–H groups in total. The molecule has 4 heterocycles. The number of nitrogens with one attached hydrogen (secondary N) is 4. The second kappa shape index (κ2) is 23.4. The zero-order chi connectivity index (χ0) is 48.2. The van der Waals surface area contributed by atoms with Crippen LogP contribution in [-0.4, -0.2) is 135 Å². The molecule has 0 bridgehead atoms. The van der Waals surface area contributed by atoms with Gasteiger partial charge in [0.15, 0.2) is 22.3 Å². The van der Waals surface area contributed by atoms with Crippen LogP contribution in [0.2, 0.25) is 0 Å². The number of fused-ring (bicyclic) bond motifs is 2. The number of aromatic nitrogens is 8. The van der Waals surface area contributed by atoms with E-state index in [0.717, 1.165) is 0 Å². The van der Waals surface area contributed by atoms with Crippen molar-refractivity contribution in [3.63, 3.8) is 0 Å². The van der Waals surface area contributed by atoms with Gasteiger partial charge < -0.3 is 62.7 Å². The van der Waals surface area contributed by atoms with E-state index in [9.17, 15) is 48.6 Å². The molecule has 0 saturated heterocycles. The summed E-state index contributed by atoms with van der Waals surface area (Å²) >= 11 is 0. The van der Waals surface area contributed by atoms with Crippen LogP contribution in [0.15, 0.2) is 70.5 Å². The molecule has 0 radical (unpaired) electrons. The van der Waals surface area contributed by atoms with Crippen LogP contribution in [0.4, 0.5) is 23.3 Å². The van der Waals surface area contributed by atoms with Gasteiger partial charge in [0.1, 0.15) is 12.1 Å². The number of rotatable bonds is 18. The molecule has 2 unspecified atom stereocenters. The van der Waals surface area contributed by atoms with E-state index in [2.05, 4.69) is 51.2 Å². The van der Waals surface area contributed by atoms with Gasteiger partial charge in [-0.05, 0) is 74.2 Å². The Kier molecular flexibility index (Phi) is 18.1.